The molecular formula is C15H24FNO. The highest BCUT2D eigenvalue weighted by molar-refractivity contribution is 5.40. The summed E-state index contributed by atoms with van der Waals surface area (Å²) in [6.45, 7) is 11.5. The summed E-state index contributed by atoms with van der Waals surface area (Å²) in [5, 5.41) is 3.29. The van der Waals surface area contributed by atoms with E-state index in [4.69, 9.17) is 4.74 Å². The molecule has 2 nitrogen and oxygen atoms in total. The predicted molar refractivity (Wildman–Crippen MR) is 73.6 cm³/mol. The molecule has 0 radical (unpaired) electrons. The summed E-state index contributed by atoms with van der Waals surface area (Å²) in [5.74, 6) is 1.07. The first-order valence-corrected chi connectivity index (χ1v) is 6.61. The summed E-state index contributed by atoms with van der Waals surface area (Å²) in [5.41, 5.74) is 1.52. The second-order valence-electron chi connectivity index (χ2n) is 5.12. The highest BCUT2D eigenvalue weighted by Crippen LogP contribution is 2.28. The van der Waals surface area contributed by atoms with Crippen molar-refractivity contribution >= 4 is 0 Å². The van der Waals surface area contributed by atoms with Gasteiger partial charge in [0, 0.05) is 11.6 Å². The second-order valence-corrected chi connectivity index (χ2v) is 5.12. The standard InChI is InChI=1S/C15H24FNO/c1-6-17-12(5)13-8-14(16)11(4)7-15(13)18-9-10(2)3/h7-8,10,12,17H,6,9H2,1-5H3. The third-order valence-electron chi connectivity index (χ3n) is 2.84. The Bertz CT molecular complexity index is 390. The van der Waals surface area contributed by atoms with Crippen LogP contribution >= 0.6 is 0 Å². The Morgan fingerprint density at radius 2 is 1.94 bits per heavy atom. The van der Waals surface area contributed by atoms with Gasteiger partial charge in [0.15, 0.2) is 0 Å². The Morgan fingerprint density at radius 1 is 1.28 bits per heavy atom. The van der Waals surface area contributed by atoms with Crippen molar-refractivity contribution in [1.29, 1.82) is 0 Å². The zero-order valence-electron chi connectivity index (χ0n) is 12.0. The molecule has 0 aliphatic carbocycles. The minimum atomic E-state index is -0.174. The van der Waals surface area contributed by atoms with Crippen LogP contribution < -0.4 is 10.1 Å². The number of nitrogens with one attached hydrogen (secondary N) is 1. The van der Waals surface area contributed by atoms with Crippen LogP contribution in [0.1, 0.15) is 44.9 Å². The SMILES string of the molecule is CCNC(C)c1cc(F)c(C)cc1OCC(C)C. The Hall–Kier alpha value is -1.09. The fourth-order valence-electron chi connectivity index (χ4n) is 1.81. The Kier molecular flexibility index (Phi) is 5.60. The van der Waals surface area contributed by atoms with E-state index in [9.17, 15) is 4.39 Å². The molecule has 1 rings (SSSR count). The Balaban J connectivity index is 3.00. The lowest BCUT2D eigenvalue weighted by atomic mass is 10.0. The van der Waals surface area contributed by atoms with Gasteiger partial charge in [0.2, 0.25) is 0 Å². The number of hydrogen-bond acceptors (Lipinski definition) is 2. The zero-order chi connectivity index (χ0) is 13.7. The van der Waals surface area contributed by atoms with E-state index in [-0.39, 0.29) is 11.9 Å². The van der Waals surface area contributed by atoms with Crippen molar-refractivity contribution in [2.24, 2.45) is 5.92 Å². The molecule has 0 heterocycles. The zero-order valence-corrected chi connectivity index (χ0v) is 12.0. The van der Waals surface area contributed by atoms with Gasteiger partial charge in [0.1, 0.15) is 11.6 Å². The molecule has 0 spiro atoms. The highest BCUT2D eigenvalue weighted by atomic mass is 19.1. The van der Waals surface area contributed by atoms with E-state index in [1.165, 1.54) is 0 Å². The topological polar surface area (TPSA) is 21.3 Å². The van der Waals surface area contributed by atoms with E-state index in [1.54, 1.807) is 19.1 Å². The lowest BCUT2D eigenvalue weighted by Gasteiger charge is -2.19. The van der Waals surface area contributed by atoms with Gasteiger partial charge in [-0.25, -0.2) is 4.39 Å². The van der Waals surface area contributed by atoms with Crippen molar-refractivity contribution in [2.45, 2.75) is 40.7 Å². The fourth-order valence-corrected chi connectivity index (χ4v) is 1.81. The van der Waals surface area contributed by atoms with Crippen LogP contribution in [0.3, 0.4) is 0 Å². The molecule has 3 heteroatoms. The molecule has 1 N–H and O–H groups in total. The molecule has 0 bridgehead atoms. The number of rotatable bonds is 6. The van der Waals surface area contributed by atoms with Gasteiger partial charge >= 0.3 is 0 Å². The van der Waals surface area contributed by atoms with Gasteiger partial charge in [-0.2, -0.15) is 0 Å². The molecule has 1 atom stereocenters. The molecule has 0 aromatic heterocycles. The summed E-state index contributed by atoms with van der Waals surface area (Å²) in [6, 6.07) is 3.46. The van der Waals surface area contributed by atoms with Gasteiger partial charge in [0.05, 0.1) is 6.61 Å². The highest BCUT2D eigenvalue weighted by Gasteiger charge is 2.14. The van der Waals surface area contributed by atoms with Crippen molar-refractivity contribution in [3.8, 4) is 5.75 Å². The minimum Gasteiger partial charge on any atom is -0.493 e. The van der Waals surface area contributed by atoms with Crippen LogP contribution in [0.2, 0.25) is 0 Å². The summed E-state index contributed by atoms with van der Waals surface area (Å²) < 4.78 is 19.5. The molecule has 0 fully saturated rings. The first kappa shape index (κ1) is 15.0. The van der Waals surface area contributed by atoms with E-state index in [2.05, 4.69) is 19.2 Å². The molecule has 1 aromatic carbocycles. The minimum absolute atomic E-state index is 0.0901. The van der Waals surface area contributed by atoms with Crippen LogP contribution in [0, 0.1) is 18.7 Å². The number of aryl methyl sites for hydroxylation is 1. The first-order chi connectivity index (χ1) is 8.45. The Labute approximate surface area is 110 Å². The van der Waals surface area contributed by atoms with Crippen molar-refractivity contribution < 1.29 is 9.13 Å². The molecule has 1 aromatic rings. The van der Waals surface area contributed by atoms with Gasteiger partial charge in [-0.05, 0) is 44.0 Å². The van der Waals surface area contributed by atoms with Crippen LogP contribution in [0.4, 0.5) is 4.39 Å². The summed E-state index contributed by atoms with van der Waals surface area (Å²) >= 11 is 0. The van der Waals surface area contributed by atoms with E-state index in [1.807, 2.05) is 13.8 Å². The third-order valence-corrected chi connectivity index (χ3v) is 2.84. The fraction of sp³-hybridized carbons (Fsp3) is 0.600. The normalized spacial score (nSPS) is 12.8. The average Bonchev–Trinajstić information content (AvgIpc) is 2.30. The van der Waals surface area contributed by atoms with Crippen molar-refractivity contribution in [2.75, 3.05) is 13.2 Å². The maximum Gasteiger partial charge on any atom is 0.126 e. The molecule has 0 amide bonds. The smallest absolute Gasteiger partial charge is 0.126 e. The third kappa shape index (κ3) is 3.98. The molecule has 0 aliphatic heterocycles. The monoisotopic (exact) mass is 253 g/mol. The van der Waals surface area contributed by atoms with Crippen molar-refractivity contribution in [3.63, 3.8) is 0 Å². The van der Waals surface area contributed by atoms with Crippen LogP contribution in [0.5, 0.6) is 5.75 Å². The number of halogens is 1. The largest absolute Gasteiger partial charge is 0.493 e. The molecule has 0 saturated carbocycles. The molecule has 1 unspecified atom stereocenters. The average molecular weight is 253 g/mol. The van der Waals surface area contributed by atoms with Gasteiger partial charge in [0.25, 0.3) is 0 Å². The quantitative estimate of drug-likeness (QED) is 0.831. The van der Waals surface area contributed by atoms with E-state index >= 15 is 0 Å². The van der Waals surface area contributed by atoms with E-state index in [0.29, 0.717) is 18.1 Å². The second kappa shape index (κ2) is 6.74. The summed E-state index contributed by atoms with van der Waals surface area (Å²) in [6.07, 6.45) is 0. The van der Waals surface area contributed by atoms with Crippen LogP contribution in [-0.2, 0) is 0 Å². The maximum atomic E-state index is 13.7. The van der Waals surface area contributed by atoms with Crippen LogP contribution in [0.25, 0.3) is 0 Å². The van der Waals surface area contributed by atoms with Gasteiger partial charge < -0.3 is 10.1 Å². The molecular weight excluding hydrogens is 229 g/mol. The molecule has 18 heavy (non-hydrogen) atoms. The number of hydrogen-bond donors (Lipinski definition) is 1. The Morgan fingerprint density at radius 3 is 2.50 bits per heavy atom. The lowest BCUT2D eigenvalue weighted by molar-refractivity contribution is 0.266. The van der Waals surface area contributed by atoms with E-state index in [0.717, 1.165) is 17.9 Å². The van der Waals surface area contributed by atoms with E-state index < -0.39 is 0 Å². The maximum absolute atomic E-state index is 13.7. The molecule has 0 saturated heterocycles. The molecule has 0 aliphatic rings. The summed E-state index contributed by atoms with van der Waals surface area (Å²) in [4.78, 5) is 0. The summed E-state index contributed by atoms with van der Waals surface area (Å²) in [7, 11) is 0. The van der Waals surface area contributed by atoms with Crippen LogP contribution in [-0.4, -0.2) is 13.2 Å². The first-order valence-electron chi connectivity index (χ1n) is 6.61. The lowest BCUT2D eigenvalue weighted by Crippen LogP contribution is -2.19. The van der Waals surface area contributed by atoms with Crippen molar-refractivity contribution in [3.05, 3.63) is 29.1 Å². The van der Waals surface area contributed by atoms with Gasteiger partial charge in [-0.3, -0.25) is 0 Å². The van der Waals surface area contributed by atoms with Crippen LogP contribution in [0.15, 0.2) is 12.1 Å². The number of ether oxygens (including phenoxy) is 1. The van der Waals surface area contributed by atoms with Gasteiger partial charge in [-0.15, -0.1) is 0 Å². The van der Waals surface area contributed by atoms with Crippen molar-refractivity contribution in [1.82, 2.24) is 5.32 Å². The number of benzene rings is 1. The predicted octanol–water partition coefficient (Wildman–Crippen LogP) is 3.84. The van der Waals surface area contributed by atoms with Gasteiger partial charge in [-0.1, -0.05) is 20.8 Å². The molecule has 102 valence electrons.